The zero-order valence-electron chi connectivity index (χ0n) is 13.3. The van der Waals surface area contributed by atoms with Gasteiger partial charge in [0, 0.05) is 23.3 Å². The Morgan fingerprint density at radius 2 is 2.04 bits per heavy atom. The van der Waals surface area contributed by atoms with E-state index in [0.717, 1.165) is 33.5 Å². The monoisotopic (exact) mass is 319 g/mol. The quantitative estimate of drug-likeness (QED) is 0.586. The van der Waals surface area contributed by atoms with Gasteiger partial charge in [0.1, 0.15) is 12.3 Å². The van der Waals surface area contributed by atoms with Crippen LogP contribution < -0.4 is 0 Å². The summed E-state index contributed by atoms with van der Waals surface area (Å²) >= 11 is 0. The van der Waals surface area contributed by atoms with E-state index in [4.69, 9.17) is 4.74 Å². The van der Waals surface area contributed by atoms with Crippen molar-refractivity contribution in [3.05, 3.63) is 71.8 Å². The lowest BCUT2D eigenvalue weighted by molar-refractivity contribution is -0.144. The first kappa shape index (κ1) is 14.5. The molecule has 120 valence electrons. The zero-order chi connectivity index (χ0) is 16.5. The average Bonchev–Trinajstić information content (AvgIpc) is 3.14. The van der Waals surface area contributed by atoms with Crippen molar-refractivity contribution in [2.24, 2.45) is 0 Å². The first-order chi connectivity index (χ1) is 11.7. The Balaban J connectivity index is 1.49. The van der Waals surface area contributed by atoms with Crippen LogP contribution in [0.4, 0.5) is 0 Å². The first-order valence-corrected chi connectivity index (χ1v) is 7.85. The van der Waals surface area contributed by atoms with Gasteiger partial charge in [-0.3, -0.25) is 4.79 Å². The Morgan fingerprint density at radius 1 is 1.21 bits per heavy atom. The fraction of sp³-hybridized carbons (Fsp3) is 0.158. The van der Waals surface area contributed by atoms with Crippen LogP contribution in [-0.2, 0) is 22.6 Å². The number of aryl methyl sites for hydroxylation is 1. The molecule has 5 heteroatoms. The van der Waals surface area contributed by atoms with Crippen molar-refractivity contribution >= 4 is 22.5 Å². The number of esters is 1. The van der Waals surface area contributed by atoms with Gasteiger partial charge in [-0.2, -0.15) is 0 Å². The van der Waals surface area contributed by atoms with E-state index in [1.165, 1.54) is 0 Å². The van der Waals surface area contributed by atoms with Crippen molar-refractivity contribution in [3.8, 4) is 0 Å². The number of ether oxygens (including phenoxy) is 1. The van der Waals surface area contributed by atoms with Crippen LogP contribution in [0.25, 0.3) is 16.6 Å². The second kappa shape index (κ2) is 5.85. The Morgan fingerprint density at radius 3 is 2.96 bits per heavy atom. The molecule has 0 amide bonds. The number of H-pyrrole nitrogens is 1. The van der Waals surface area contributed by atoms with E-state index in [2.05, 4.69) is 9.97 Å². The Bertz CT molecular complexity index is 1030. The number of pyridine rings is 1. The van der Waals surface area contributed by atoms with Crippen molar-refractivity contribution in [2.75, 3.05) is 0 Å². The fourth-order valence-corrected chi connectivity index (χ4v) is 2.97. The van der Waals surface area contributed by atoms with Crippen LogP contribution in [0.15, 0.2) is 54.9 Å². The SMILES string of the molecule is Cc1nc2ccccn2c1COC(=O)Cc1c[nH]c2ccccc12. The van der Waals surface area contributed by atoms with Crippen LogP contribution in [-0.4, -0.2) is 20.3 Å². The maximum Gasteiger partial charge on any atom is 0.310 e. The molecule has 1 aromatic carbocycles. The van der Waals surface area contributed by atoms with E-state index in [-0.39, 0.29) is 19.0 Å². The molecule has 4 aromatic rings. The number of fused-ring (bicyclic) bond motifs is 2. The lowest BCUT2D eigenvalue weighted by atomic mass is 10.1. The Labute approximate surface area is 138 Å². The van der Waals surface area contributed by atoms with Crippen LogP contribution >= 0.6 is 0 Å². The van der Waals surface area contributed by atoms with Crippen LogP contribution in [0.1, 0.15) is 17.0 Å². The minimum absolute atomic E-state index is 0.220. The molecule has 0 atom stereocenters. The molecule has 0 bridgehead atoms. The van der Waals surface area contributed by atoms with Gasteiger partial charge in [0.2, 0.25) is 0 Å². The molecule has 0 fully saturated rings. The summed E-state index contributed by atoms with van der Waals surface area (Å²) < 4.78 is 7.44. The summed E-state index contributed by atoms with van der Waals surface area (Å²) in [6.45, 7) is 2.15. The van der Waals surface area contributed by atoms with Crippen molar-refractivity contribution in [1.82, 2.24) is 14.4 Å². The van der Waals surface area contributed by atoms with Gasteiger partial charge < -0.3 is 14.1 Å². The normalized spacial score (nSPS) is 11.2. The number of imidazole rings is 1. The van der Waals surface area contributed by atoms with Gasteiger partial charge in [0.25, 0.3) is 0 Å². The van der Waals surface area contributed by atoms with Gasteiger partial charge in [0.15, 0.2) is 0 Å². The number of hydrogen-bond donors (Lipinski definition) is 1. The lowest BCUT2D eigenvalue weighted by Gasteiger charge is -2.06. The van der Waals surface area contributed by atoms with Crippen molar-refractivity contribution in [1.29, 1.82) is 0 Å². The molecular formula is C19H17N3O2. The number of nitrogens with zero attached hydrogens (tertiary/aromatic N) is 2. The van der Waals surface area contributed by atoms with E-state index in [0.29, 0.717) is 0 Å². The molecule has 24 heavy (non-hydrogen) atoms. The minimum Gasteiger partial charge on any atom is -0.459 e. The predicted octanol–water partition coefficient (Wildman–Crippen LogP) is 3.41. The van der Waals surface area contributed by atoms with E-state index in [1.54, 1.807) is 0 Å². The molecule has 0 saturated carbocycles. The highest BCUT2D eigenvalue weighted by molar-refractivity contribution is 5.87. The molecule has 1 N–H and O–H groups in total. The molecule has 0 radical (unpaired) electrons. The van der Waals surface area contributed by atoms with E-state index in [1.807, 2.05) is 66.2 Å². The van der Waals surface area contributed by atoms with Crippen LogP contribution in [0, 0.1) is 6.92 Å². The van der Waals surface area contributed by atoms with Gasteiger partial charge in [-0.15, -0.1) is 0 Å². The second-order valence-electron chi connectivity index (χ2n) is 5.77. The Hall–Kier alpha value is -3.08. The smallest absolute Gasteiger partial charge is 0.310 e. The number of rotatable bonds is 4. The number of aromatic nitrogens is 3. The highest BCUT2D eigenvalue weighted by Gasteiger charge is 2.13. The molecule has 0 aliphatic rings. The molecule has 3 aromatic heterocycles. The largest absolute Gasteiger partial charge is 0.459 e. The van der Waals surface area contributed by atoms with E-state index in [9.17, 15) is 4.79 Å². The number of hydrogen-bond acceptors (Lipinski definition) is 3. The summed E-state index contributed by atoms with van der Waals surface area (Å²) in [4.78, 5) is 19.9. The first-order valence-electron chi connectivity index (χ1n) is 7.85. The number of benzene rings is 1. The highest BCUT2D eigenvalue weighted by Crippen LogP contribution is 2.19. The molecule has 5 nitrogen and oxygen atoms in total. The second-order valence-corrected chi connectivity index (χ2v) is 5.77. The van der Waals surface area contributed by atoms with Gasteiger partial charge in [-0.05, 0) is 30.7 Å². The molecule has 3 heterocycles. The van der Waals surface area contributed by atoms with Crippen molar-refractivity contribution < 1.29 is 9.53 Å². The lowest BCUT2D eigenvalue weighted by Crippen LogP contribution is -2.09. The van der Waals surface area contributed by atoms with E-state index >= 15 is 0 Å². The number of para-hydroxylation sites is 1. The van der Waals surface area contributed by atoms with Gasteiger partial charge in [-0.1, -0.05) is 24.3 Å². The molecular weight excluding hydrogens is 302 g/mol. The molecule has 0 saturated heterocycles. The maximum atomic E-state index is 12.2. The summed E-state index contributed by atoms with van der Waals surface area (Å²) in [5.74, 6) is -0.245. The molecule has 0 aliphatic carbocycles. The highest BCUT2D eigenvalue weighted by atomic mass is 16.5. The summed E-state index contributed by atoms with van der Waals surface area (Å²) in [6, 6.07) is 13.7. The van der Waals surface area contributed by atoms with Crippen LogP contribution in [0.5, 0.6) is 0 Å². The summed E-state index contributed by atoms with van der Waals surface area (Å²) in [5.41, 5.74) is 4.61. The molecule has 0 spiro atoms. The standard InChI is InChI=1S/C19H17N3O2/c1-13-17(22-9-5-4-8-18(22)21-13)12-24-19(23)10-14-11-20-16-7-3-2-6-15(14)16/h2-9,11,20H,10,12H2,1H3. The number of carbonyl (C=O) groups excluding carboxylic acids is 1. The summed E-state index contributed by atoms with van der Waals surface area (Å²) in [5, 5.41) is 1.06. The molecule has 0 aliphatic heterocycles. The third kappa shape index (κ3) is 2.54. The number of nitrogens with one attached hydrogen (secondary N) is 1. The van der Waals surface area contributed by atoms with Crippen molar-refractivity contribution in [2.45, 2.75) is 20.0 Å². The fourth-order valence-electron chi connectivity index (χ4n) is 2.97. The van der Waals surface area contributed by atoms with Gasteiger partial charge >= 0.3 is 5.97 Å². The average molecular weight is 319 g/mol. The zero-order valence-corrected chi connectivity index (χ0v) is 13.3. The number of aromatic amines is 1. The van der Waals surface area contributed by atoms with Crippen LogP contribution in [0.2, 0.25) is 0 Å². The summed E-state index contributed by atoms with van der Waals surface area (Å²) in [6.07, 6.45) is 4.05. The topological polar surface area (TPSA) is 59.4 Å². The Kier molecular flexibility index (Phi) is 3.54. The van der Waals surface area contributed by atoms with Gasteiger partial charge in [0.05, 0.1) is 17.8 Å². The molecule has 0 unspecified atom stereocenters. The maximum absolute atomic E-state index is 12.2. The predicted molar refractivity (Wildman–Crippen MR) is 91.7 cm³/mol. The summed E-state index contributed by atoms with van der Waals surface area (Å²) in [7, 11) is 0. The molecule has 4 rings (SSSR count). The van der Waals surface area contributed by atoms with E-state index < -0.39 is 0 Å². The minimum atomic E-state index is -0.245. The third-order valence-corrected chi connectivity index (χ3v) is 4.21. The number of carbonyl (C=O) groups is 1. The van der Waals surface area contributed by atoms with Crippen LogP contribution in [0.3, 0.4) is 0 Å². The van der Waals surface area contributed by atoms with Gasteiger partial charge in [-0.25, -0.2) is 4.98 Å². The van der Waals surface area contributed by atoms with Crippen molar-refractivity contribution in [3.63, 3.8) is 0 Å². The third-order valence-electron chi connectivity index (χ3n) is 4.21.